The van der Waals surface area contributed by atoms with E-state index in [1.165, 1.54) is 24.3 Å². The third kappa shape index (κ3) is 2.16. The van der Waals surface area contributed by atoms with E-state index in [2.05, 4.69) is 0 Å². The van der Waals surface area contributed by atoms with Crippen LogP contribution in [0.2, 0.25) is 0 Å². The molecule has 0 spiro atoms. The minimum Gasteiger partial charge on any atom is -0.399 e. The number of hydrogen-bond acceptors (Lipinski definition) is 6. The molecule has 0 unspecified atom stereocenters. The van der Waals surface area contributed by atoms with Gasteiger partial charge in [-0.25, -0.2) is 0 Å². The summed E-state index contributed by atoms with van der Waals surface area (Å²) in [6, 6.07) is 8.97. The quantitative estimate of drug-likeness (QED) is 0.621. The summed E-state index contributed by atoms with van der Waals surface area (Å²) in [5.41, 5.74) is 13.1. The Hall–Kier alpha value is -3.68. The number of rotatable bonds is 3. The van der Waals surface area contributed by atoms with Gasteiger partial charge < -0.3 is 11.5 Å². The molecule has 0 saturated heterocycles. The number of amides is 4. The topological polar surface area (TPSA) is 127 Å². The molecule has 8 heteroatoms. The van der Waals surface area contributed by atoms with Crippen LogP contribution in [0.4, 0.5) is 11.4 Å². The van der Waals surface area contributed by atoms with Crippen LogP contribution >= 0.6 is 0 Å². The number of benzene rings is 2. The Kier molecular flexibility index (Phi) is 3.30. The molecule has 2 aliphatic heterocycles. The molecule has 2 aliphatic rings. The number of carbonyl (C=O) groups is 4. The molecule has 0 atom stereocenters. The highest BCUT2D eigenvalue weighted by Crippen LogP contribution is 2.27. The molecule has 4 rings (SSSR count). The minimum atomic E-state index is -0.488. The van der Waals surface area contributed by atoms with Gasteiger partial charge in [0.25, 0.3) is 23.6 Å². The average molecular weight is 350 g/mol. The van der Waals surface area contributed by atoms with E-state index in [1.807, 2.05) is 0 Å². The van der Waals surface area contributed by atoms with Crippen LogP contribution in [0.1, 0.15) is 41.4 Å². The van der Waals surface area contributed by atoms with Crippen molar-refractivity contribution in [2.24, 2.45) is 0 Å². The van der Waals surface area contributed by atoms with E-state index in [-0.39, 0.29) is 35.3 Å². The van der Waals surface area contributed by atoms with Crippen molar-refractivity contribution in [2.75, 3.05) is 24.6 Å². The lowest BCUT2D eigenvalue weighted by molar-refractivity contribution is 0.0561. The predicted molar refractivity (Wildman–Crippen MR) is 92.4 cm³/mol. The molecule has 2 aromatic rings. The highest BCUT2D eigenvalue weighted by molar-refractivity contribution is 6.23. The zero-order chi connectivity index (χ0) is 18.6. The Balaban J connectivity index is 1.54. The molecule has 2 aromatic carbocycles. The van der Waals surface area contributed by atoms with Crippen LogP contribution in [0, 0.1) is 0 Å². The zero-order valence-electron chi connectivity index (χ0n) is 13.6. The molecule has 0 aromatic heterocycles. The molecule has 4 amide bonds. The van der Waals surface area contributed by atoms with E-state index < -0.39 is 23.6 Å². The molecule has 0 radical (unpaired) electrons. The highest BCUT2D eigenvalue weighted by Gasteiger charge is 2.39. The lowest BCUT2D eigenvalue weighted by Gasteiger charge is -2.18. The number of nitrogen functional groups attached to an aromatic ring is 2. The molecule has 26 heavy (non-hydrogen) atoms. The van der Waals surface area contributed by atoms with E-state index in [0.717, 1.165) is 9.80 Å². The van der Waals surface area contributed by atoms with Crippen molar-refractivity contribution >= 4 is 35.0 Å². The first kappa shape index (κ1) is 15.8. The lowest BCUT2D eigenvalue weighted by atomic mass is 10.1. The molecule has 0 saturated carbocycles. The predicted octanol–water partition coefficient (Wildman–Crippen LogP) is 0.743. The van der Waals surface area contributed by atoms with E-state index in [0.29, 0.717) is 11.4 Å². The number of anilines is 2. The lowest BCUT2D eigenvalue weighted by Crippen LogP contribution is -2.40. The first-order valence-electron chi connectivity index (χ1n) is 7.90. The van der Waals surface area contributed by atoms with Crippen LogP contribution in [0.25, 0.3) is 0 Å². The van der Waals surface area contributed by atoms with Gasteiger partial charge in [-0.3, -0.25) is 29.0 Å². The molecular formula is C18H14N4O4. The molecule has 0 fully saturated rings. The van der Waals surface area contributed by atoms with Gasteiger partial charge in [0, 0.05) is 24.5 Å². The number of imide groups is 2. The smallest absolute Gasteiger partial charge is 0.261 e. The Morgan fingerprint density at radius 1 is 0.577 bits per heavy atom. The second-order valence-electron chi connectivity index (χ2n) is 6.13. The Bertz CT molecular complexity index is 933. The summed E-state index contributed by atoms with van der Waals surface area (Å²) in [5, 5.41) is 0. The van der Waals surface area contributed by atoms with Crippen molar-refractivity contribution in [1.29, 1.82) is 0 Å². The van der Waals surface area contributed by atoms with E-state index in [9.17, 15) is 19.2 Å². The molecule has 130 valence electrons. The van der Waals surface area contributed by atoms with Gasteiger partial charge in [0.15, 0.2) is 0 Å². The third-order valence-corrected chi connectivity index (χ3v) is 4.54. The molecule has 0 bridgehead atoms. The SMILES string of the molecule is Nc1ccc2c(c1)C(=O)N(CCN1C(=O)c3ccc(N)cc3C1=O)C2=O. The van der Waals surface area contributed by atoms with Crippen LogP contribution in [-0.4, -0.2) is 46.5 Å². The van der Waals surface area contributed by atoms with Crippen molar-refractivity contribution in [3.63, 3.8) is 0 Å². The van der Waals surface area contributed by atoms with Gasteiger partial charge in [-0.15, -0.1) is 0 Å². The summed E-state index contributed by atoms with van der Waals surface area (Å²) >= 11 is 0. The van der Waals surface area contributed by atoms with Crippen LogP contribution in [0.3, 0.4) is 0 Å². The zero-order valence-corrected chi connectivity index (χ0v) is 13.6. The summed E-state index contributed by atoms with van der Waals surface area (Å²) in [7, 11) is 0. The Morgan fingerprint density at radius 2 is 0.923 bits per heavy atom. The van der Waals surface area contributed by atoms with Crippen LogP contribution in [0.15, 0.2) is 36.4 Å². The number of nitrogens with zero attached hydrogens (tertiary/aromatic N) is 2. The second kappa shape index (κ2) is 5.41. The van der Waals surface area contributed by atoms with E-state index in [1.54, 1.807) is 12.1 Å². The molecular weight excluding hydrogens is 336 g/mol. The normalized spacial score (nSPS) is 15.7. The van der Waals surface area contributed by atoms with Gasteiger partial charge in [0.1, 0.15) is 0 Å². The molecule has 8 nitrogen and oxygen atoms in total. The maximum absolute atomic E-state index is 12.4. The first-order chi connectivity index (χ1) is 12.4. The Morgan fingerprint density at radius 3 is 1.31 bits per heavy atom. The van der Waals surface area contributed by atoms with Gasteiger partial charge in [0.2, 0.25) is 0 Å². The van der Waals surface area contributed by atoms with Crippen LogP contribution < -0.4 is 11.5 Å². The van der Waals surface area contributed by atoms with Gasteiger partial charge >= 0.3 is 0 Å². The molecule has 2 heterocycles. The van der Waals surface area contributed by atoms with E-state index in [4.69, 9.17) is 11.5 Å². The third-order valence-electron chi connectivity index (χ3n) is 4.54. The standard InChI is InChI=1S/C18H14N4O4/c19-9-1-3-11-13(7-9)17(25)21(15(11)23)5-6-22-16(24)12-4-2-10(20)8-14(12)18(22)26/h1-4,7-8H,5-6,19-20H2. The van der Waals surface area contributed by atoms with Gasteiger partial charge in [0.05, 0.1) is 22.3 Å². The van der Waals surface area contributed by atoms with Crippen molar-refractivity contribution in [3.05, 3.63) is 58.7 Å². The van der Waals surface area contributed by atoms with Crippen LogP contribution in [-0.2, 0) is 0 Å². The average Bonchev–Trinajstić information content (AvgIpc) is 2.98. The maximum atomic E-state index is 12.4. The fourth-order valence-electron chi connectivity index (χ4n) is 3.22. The minimum absolute atomic E-state index is 0.0901. The van der Waals surface area contributed by atoms with Crippen LogP contribution in [0.5, 0.6) is 0 Å². The first-order valence-corrected chi connectivity index (χ1v) is 7.90. The van der Waals surface area contributed by atoms with E-state index >= 15 is 0 Å². The fraction of sp³-hybridized carbons (Fsp3) is 0.111. The molecule has 4 N–H and O–H groups in total. The summed E-state index contributed by atoms with van der Waals surface area (Å²) in [6.07, 6.45) is 0. The monoisotopic (exact) mass is 350 g/mol. The van der Waals surface area contributed by atoms with Gasteiger partial charge in [-0.05, 0) is 36.4 Å². The number of fused-ring (bicyclic) bond motifs is 2. The van der Waals surface area contributed by atoms with Gasteiger partial charge in [-0.2, -0.15) is 0 Å². The number of carbonyl (C=O) groups excluding carboxylic acids is 4. The maximum Gasteiger partial charge on any atom is 0.261 e. The Labute approximate surface area is 148 Å². The van der Waals surface area contributed by atoms with Crippen molar-refractivity contribution in [2.45, 2.75) is 0 Å². The van der Waals surface area contributed by atoms with Crippen molar-refractivity contribution in [1.82, 2.24) is 9.80 Å². The van der Waals surface area contributed by atoms with Gasteiger partial charge in [-0.1, -0.05) is 0 Å². The number of nitrogens with two attached hydrogens (primary N) is 2. The second-order valence-corrected chi connectivity index (χ2v) is 6.13. The summed E-state index contributed by atoms with van der Waals surface area (Å²) < 4.78 is 0. The summed E-state index contributed by atoms with van der Waals surface area (Å²) in [5.74, 6) is -1.91. The summed E-state index contributed by atoms with van der Waals surface area (Å²) in [4.78, 5) is 51.7. The largest absolute Gasteiger partial charge is 0.399 e. The number of hydrogen-bond donors (Lipinski definition) is 2. The summed E-state index contributed by atoms with van der Waals surface area (Å²) in [6.45, 7) is -0.180. The molecule has 0 aliphatic carbocycles. The fourth-order valence-corrected chi connectivity index (χ4v) is 3.22. The van der Waals surface area contributed by atoms with Crippen molar-refractivity contribution in [3.8, 4) is 0 Å². The van der Waals surface area contributed by atoms with Crippen molar-refractivity contribution < 1.29 is 19.2 Å². The highest BCUT2D eigenvalue weighted by atomic mass is 16.2.